The number of nitrogens with zero attached hydrogens (tertiary/aromatic N) is 6. The number of methoxy groups -OCH3 is 1. The largest absolute Gasteiger partial charge is 0.379 e. The van der Waals surface area contributed by atoms with Gasteiger partial charge >= 0.3 is 0 Å². The summed E-state index contributed by atoms with van der Waals surface area (Å²) in [5.41, 5.74) is 2.13. The second-order valence-corrected chi connectivity index (χ2v) is 6.05. The lowest BCUT2D eigenvalue weighted by atomic mass is 10.0. The highest BCUT2D eigenvalue weighted by molar-refractivity contribution is 6.31. The number of anilines is 1. The Morgan fingerprint density at radius 3 is 2.83 bits per heavy atom. The van der Waals surface area contributed by atoms with Crippen LogP contribution in [-0.2, 0) is 11.8 Å². The molecule has 2 aromatic heterocycles. The first kappa shape index (κ1) is 15.7. The van der Waals surface area contributed by atoms with E-state index in [-0.39, 0.29) is 12.0 Å². The normalized spacial score (nSPS) is 20.7. The molecule has 0 unspecified atom stereocenters. The van der Waals surface area contributed by atoms with E-state index >= 15 is 0 Å². The molecular weight excluding hydrogens is 316 g/mol. The van der Waals surface area contributed by atoms with Gasteiger partial charge in [-0.25, -0.2) is 4.98 Å². The Morgan fingerprint density at radius 2 is 2.22 bits per heavy atom. The van der Waals surface area contributed by atoms with E-state index < -0.39 is 0 Å². The molecule has 0 saturated carbocycles. The lowest BCUT2D eigenvalue weighted by Gasteiger charge is -2.19. The Bertz CT molecular complexity index is 768. The van der Waals surface area contributed by atoms with Crippen LogP contribution in [0, 0.1) is 18.3 Å². The highest BCUT2D eigenvalue weighted by Gasteiger charge is 2.37. The second kappa shape index (κ2) is 6.14. The minimum atomic E-state index is -0.0315. The van der Waals surface area contributed by atoms with Gasteiger partial charge in [0.25, 0.3) is 0 Å². The van der Waals surface area contributed by atoms with E-state index in [1.807, 2.05) is 20.2 Å². The van der Waals surface area contributed by atoms with Gasteiger partial charge in [0.2, 0.25) is 0 Å². The standard InChI is InChI=1S/C15H17ClN6O/c1-9-10(4-17)15(18-5-12(9)16)22-6-11(14(8-22)23-3)13-7-21(2)20-19-13/h5,7,11,14H,6,8H2,1-3H3/t11-,14+/m0/s1. The highest BCUT2D eigenvalue weighted by Crippen LogP contribution is 2.34. The first-order chi connectivity index (χ1) is 11.0. The van der Waals surface area contributed by atoms with E-state index in [2.05, 4.69) is 26.3 Å². The summed E-state index contributed by atoms with van der Waals surface area (Å²) in [4.78, 5) is 6.42. The third-order valence-corrected chi connectivity index (χ3v) is 4.62. The minimum absolute atomic E-state index is 0.0315. The molecule has 0 spiro atoms. The van der Waals surface area contributed by atoms with Crippen molar-refractivity contribution in [2.45, 2.75) is 18.9 Å². The Kier molecular flexibility index (Phi) is 4.20. The van der Waals surface area contributed by atoms with E-state index in [0.29, 0.717) is 29.5 Å². The summed E-state index contributed by atoms with van der Waals surface area (Å²) in [5.74, 6) is 0.723. The topological polar surface area (TPSA) is 79.9 Å². The summed E-state index contributed by atoms with van der Waals surface area (Å²) in [6, 6.07) is 2.21. The minimum Gasteiger partial charge on any atom is -0.379 e. The van der Waals surface area contributed by atoms with Gasteiger partial charge in [-0.2, -0.15) is 5.26 Å². The third kappa shape index (κ3) is 2.76. The SMILES string of the molecule is CO[C@@H]1CN(c2ncc(Cl)c(C)c2C#N)C[C@H]1c1cn(C)nn1. The summed E-state index contributed by atoms with van der Waals surface area (Å²) in [6.45, 7) is 3.14. The second-order valence-electron chi connectivity index (χ2n) is 5.64. The maximum absolute atomic E-state index is 9.46. The van der Waals surface area contributed by atoms with Gasteiger partial charge in [0, 0.05) is 39.6 Å². The van der Waals surface area contributed by atoms with E-state index in [9.17, 15) is 5.26 Å². The molecule has 2 atom stereocenters. The number of aryl methyl sites for hydroxylation is 1. The number of rotatable bonds is 3. The van der Waals surface area contributed by atoms with Crippen molar-refractivity contribution in [3.05, 3.63) is 34.2 Å². The van der Waals surface area contributed by atoms with E-state index in [1.54, 1.807) is 18.0 Å². The molecule has 1 saturated heterocycles. The fourth-order valence-electron chi connectivity index (χ4n) is 2.94. The average molecular weight is 333 g/mol. The van der Waals surface area contributed by atoms with Crippen LogP contribution in [0.1, 0.15) is 22.7 Å². The summed E-state index contributed by atoms with van der Waals surface area (Å²) < 4.78 is 7.29. The van der Waals surface area contributed by atoms with Gasteiger partial charge in [0.05, 0.1) is 28.3 Å². The molecule has 8 heteroatoms. The van der Waals surface area contributed by atoms with E-state index in [0.717, 1.165) is 11.3 Å². The molecule has 0 N–H and O–H groups in total. The summed E-state index contributed by atoms with van der Waals surface area (Å²) in [6.07, 6.45) is 3.45. The quantitative estimate of drug-likeness (QED) is 0.850. The first-order valence-corrected chi connectivity index (χ1v) is 7.62. The molecule has 120 valence electrons. The van der Waals surface area contributed by atoms with Crippen molar-refractivity contribution in [2.75, 3.05) is 25.1 Å². The van der Waals surface area contributed by atoms with Crippen LogP contribution in [0.25, 0.3) is 0 Å². The zero-order valence-electron chi connectivity index (χ0n) is 13.2. The molecule has 2 aromatic rings. The highest BCUT2D eigenvalue weighted by atomic mass is 35.5. The Morgan fingerprint density at radius 1 is 1.43 bits per heavy atom. The summed E-state index contributed by atoms with van der Waals surface area (Å²) >= 11 is 6.08. The molecule has 3 rings (SSSR count). The molecule has 23 heavy (non-hydrogen) atoms. The number of hydrogen-bond acceptors (Lipinski definition) is 6. The lowest BCUT2D eigenvalue weighted by molar-refractivity contribution is 0.105. The predicted molar refractivity (Wildman–Crippen MR) is 85.5 cm³/mol. The number of hydrogen-bond donors (Lipinski definition) is 0. The average Bonchev–Trinajstić information content (AvgIpc) is 3.15. The predicted octanol–water partition coefficient (Wildman–Crippen LogP) is 1.66. The Hall–Kier alpha value is -2.17. The van der Waals surface area contributed by atoms with Crippen molar-refractivity contribution < 1.29 is 4.74 Å². The first-order valence-electron chi connectivity index (χ1n) is 7.24. The number of halogens is 1. The Labute approximate surface area is 139 Å². The van der Waals surface area contributed by atoms with Gasteiger partial charge in [0.15, 0.2) is 0 Å². The van der Waals surface area contributed by atoms with Gasteiger partial charge in [0.1, 0.15) is 11.9 Å². The zero-order chi connectivity index (χ0) is 16.6. The van der Waals surface area contributed by atoms with Crippen LogP contribution in [0.4, 0.5) is 5.82 Å². The van der Waals surface area contributed by atoms with Crippen molar-refractivity contribution in [2.24, 2.45) is 7.05 Å². The van der Waals surface area contributed by atoms with Crippen LogP contribution in [0.3, 0.4) is 0 Å². The van der Waals surface area contributed by atoms with Gasteiger partial charge in [-0.05, 0) is 12.5 Å². The van der Waals surface area contributed by atoms with Crippen LogP contribution in [0.2, 0.25) is 5.02 Å². The summed E-state index contributed by atoms with van der Waals surface area (Å²) in [7, 11) is 3.52. The lowest BCUT2D eigenvalue weighted by Crippen LogP contribution is -2.24. The van der Waals surface area contributed by atoms with Crippen molar-refractivity contribution in [3.63, 3.8) is 0 Å². The number of ether oxygens (including phenoxy) is 1. The van der Waals surface area contributed by atoms with Crippen molar-refractivity contribution >= 4 is 17.4 Å². The van der Waals surface area contributed by atoms with Crippen LogP contribution < -0.4 is 4.90 Å². The molecule has 7 nitrogen and oxygen atoms in total. The fourth-order valence-corrected chi connectivity index (χ4v) is 3.09. The number of pyridine rings is 1. The van der Waals surface area contributed by atoms with Crippen LogP contribution in [-0.4, -0.2) is 46.3 Å². The molecule has 1 fully saturated rings. The molecule has 1 aliphatic heterocycles. The van der Waals surface area contributed by atoms with Gasteiger partial charge in [-0.15, -0.1) is 5.10 Å². The van der Waals surface area contributed by atoms with Crippen molar-refractivity contribution in [1.82, 2.24) is 20.0 Å². The molecule has 3 heterocycles. The van der Waals surface area contributed by atoms with Crippen LogP contribution in [0.15, 0.2) is 12.4 Å². The molecule has 0 radical (unpaired) electrons. The Balaban J connectivity index is 1.94. The van der Waals surface area contributed by atoms with Crippen molar-refractivity contribution in [3.8, 4) is 6.07 Å². The number of nitriles is 1. The van der Waals surface area contributed by atoms with Gasteiger partial charge in [-0.1, -0.05) is 16.8 Å². The van der Waals surface area contributed by atoms with Crippen LogP contribution >= 0.6 is 11.6 Å². The monoisotopic (exact) mass is 332 g/mol. The molecule has 0 aromatic carbocycles. The molecule has 0 bridgehead atoms. The fraction of sp³-hybridized carbons (Fsp3) is 0.467. The van der Waals surface area contributed by atoms with Crippen molar-refractivity contribution in [1.29, 1.82) is 5.26 Å². The molecule has 0 amide bonds. The molecular formula is C15H17ClN6O. The molecule has 0 aliphatic carbocycles. The maximum Gasteiger partial charge on any atom is 0.146 e. The summed E-state index contributed by atoms with van der Waals surface area (Å²) in [5, 5.41) is 18.2. The van der Waals surface area contributed by atoms with Gasteiger partial charge in [-0.3, -0.25) is 4.68 Å². The van der Waals surface area contributed by atoms with E-state index in [4.69, 9.17) is 16.3 Å². The van der Waals surface area contributed by atoms with Crippen LogP contribution in [0.5, 0.6) is 0 Å². The third-order valence-electron chi connectivity index (χ3n) is 4.24. The molecule has 1 aliphatic rings. The van der Waals surface area contributed by atoms with Gasteiger partial charge < -0.3 is 9.64 Å². The number of aromatic nitrogens is 4. The maximum atomic E-state index is 9.46. The zero-order valence-corrected chi connectivity index (χ0v) is 13.9. The smallest absolute Gasteiger partial charge is 0.146 e. The van der Waals surface area contributed by atoms with E-state index in [1.165, 1.54) is 0 Å².